The molecule has 3 rings (SSSR count). The number of hydrogen-bond donors (Lipinski definition) is 1. The number of alkyl halides is 3. The number of nitrogens with one attached hydrogen (secondary N) is 1. The van der Waals surface area contributed by atoms with Gasteiger partial charge in [0.05, 0.1) is 5.56 Å². The number of nitrogens with zero attached hydrogens (tertiary/aromatic N) is 4. The predicted molar refractivity (Wildman–Crippen MR) is 91.4 cm³/mol. The third kappa shape index (κ3) is 4.44. The summed E-state index contributed by atoms with van der Waals surface area (Å²) in [6.45, 7) is 1.07. The summed E-state index contributed by atoms with van der Waals surface area (Å²) in [5.41, 5.74) is -0.987. The Labute approximate surface area is 152 Å². The Bertz CT molecular complexity index is 879. The molecule has 7 nitrogen and oxygen atoms in total. The van der Waals surface area contributed by atoms with E-state index >= 15 is 0 Å². The van der Waals surface area contributed by atoms with E-state index < -0.39 is 17.6 Å². The molecule has 1 aliphatic rings. The van der Waals surface area contributed by atoms with E-state index in [1.807, 2.05) is 4.90 Å². The van der Waals surface area contributed by atoms with Crippen LogP contribution in [0.25, 0.3) is 0 Å². The molecular formula is C17H18F3N5O2. The van der Waals surface area contributed by atoms with Gasteiger partial charge in [0.15, 0.2) is 0 Å². The van der Waals surface area contributed by atoms with E-state index in [0.29, 0.717) is 18.9 Å². The highest BCUT2D eigenvalue weighted by molar-refractivity contribution is 5.92. The third-order valence-corrected chi connectivity index (χ3v) is 4.35. The Morgan fingerprint density at radius 2 is 2.04 bits per heavy atom. The van der Waals surface area contributed by atoms with Gasteiger partial charge in [-0.1, -0.05) is 0 Å². The van der Waals surface area contributed by atoms with Crippen molar-refractivity contribution in [1.29, 1.82) is 0 Å². The summed E-state index contributed by atoms with van der Waals surface area (Å²) in [7, 11) is 1.46. The van der Waals surface area contributed by atoms with E-state index in [1.54, 1.807) is 0 Å². The van der Waals surface area contributed by atoms with Crippen LogP contribution in [0, 0.1) is 0 Å². The largest absolute Gasteiger partial charge is 0.417 e. The number of anilines is 1. The topological polar surface area (TPSA) is 80.1 Å². The number of piperidine rings is 1. The number of amides is 1. The van der Waals surface area contributed by atoms with E-state index in [0.717, 1.165) is 29.8 Å². The van der Waals surface area contributed by atoms with Gasteiger partial charge in [-0.15, -0.1) is 0 Å². The first-order valence-electron chi connectivity index (χ1n) is 8.37. The van der Waals surface area contributed by atoms with Gasteiger partial charge < -0.3 is 10.2 Å². The van der Waals surface area contributed by atoms with Crippen molar-refractivity contribution >= 4 is 11.7 Å². The molecular weight excluding hydrogens is 363 g/mol. The zero-order valence-electron chi connectivity index (χ0n) is 14.5. The average molecular weight is 381 g/mol. The van der Waals surface area contributed by atoms with Gasteiger partial charge in [0.2, 0.25) is 0 Å². The second-order valence-electron chi connectivity index (χ2n) is 6.34. The lowest BCUT2D eigenvalue weighted by Crippen LogP contribution is -2.48. The van der Waals surface area contributed by atoms with E-state index in [4.69, 9.17) is 0 Å². The van der Waals surface area contributed by atoms with Crippen LogP contribution in [0.15, 0.2) is 35.3 Å². The van der Waals surface area contributed by atoms with Gasteiger partial charge >= 0.3 is 6.18 Å². The first-order chi connectivity index (χ1) is 12.7. The SMILES string of the molecule is Cn1nc(C(=O)NC2CCCN(c3ccc(C(F)(F)F)cn3)C2)ccc1=O. The standard InChI is InChI=1S/C17H18F3N5O2/c1-24-15(26)7-5-13(23-24)16(27)22-12-3-2-8-25(10-12)14-6-4-11(9-21-14)17(18,19)20/h4-7,9,12H,2-3,8,10H2,1H3,(H,22,27). The molecule has 0 bridgehead atoms. The highest BCUT2D eigenvalue weighted by Gasteiger charge is 2.31. The van der Waals surface area contributed by atoms with Crippen molar-refractivity contribution < 1.29 is 18.0 Å². The molecule has 0 spiro atoms. The van der Waals surface area contributed by atoms with Gasteiger partial charge in [0.25, 0.3) is 11.5 Å². The molecule has 0 radical (unpaired) electrons. The third-order valence-electron chi connectivity index (χ3n) is 4.35. The normalized spacial score (nSPS) is 17.6. The van der Waals surface area contributed by atoms with Crippen LogP contribution >= 0.6 is 0 Å². The van der Waals surface area contributed by atoms with Gasteiger partial charge in [-0.25, -0.2) is 9.67 Å². The quantitative estimate of drug-likeness (QED) is 0.874. The molecule has 0 aromatic carbocycles. The first-order valence-corrected chi connectivity index (χ1v) is 8.37. The Morgan fingerprint density at radius 3 is 2.67 bits per heavy atom. The summed E-state index contributed by atoms with van der Waals surface area (Å²) in [6, 6.07) is 4.76. The van der Waals surface area contributed by atoms with Crippen molar-refractivity contribution in [1.82, 2.24) is 20.1 Å². The van der Waals surface area contributed by atoms with Crippen molar-refractivity contribution in [3.8, 4) is 0 Å². The maximum absolute atomic E-state index is 12.7. The molecule has 10 heteroatoms. The molecule has 1 amide bonds. The summed E-state index contributed by atoms with van der Waals surface area (Å²) in [5.74, 6) is 0.0278. The summed E-state index contributed by atoms with van der Waals surface area (Å²) < 4.78 is 39.0. The zero-order chi connectivity index (χ0) is 19.6. The highest BCUT2D eigenvalue weighted by atomic mass is 19.4. The molecule has 27 heavy (non-hydrogen) atoms. The van der Waals surface area contributed by atoms with Crippen molar-refractivity contribution in [3.63, 3.8) is 0 Å². The predicted octanol–water partition coefficient (Wildman–Crippen LogP) is 1.59. The lowest BCUT2D eigenvalue weighted by molar-refractivity contribution is -0.137. The summed E-state index contributed by atoms with van der Waals surface area (Å²) in [6.07, 6.45) is -2.12. The van der Waals surface area contributed by atoms with Crippen molar-refractivity contribution in [2.45, 2.75) is 25.1 Å². The highest BCUT2D eigenvalue weighted by Crippen LogP contribution is 2.29. The molecule has 2 aromatic rings. The smallest absolute Gasteiger partial charge is 0.355 e. The fourth-order valence-corrected chi connectivity index (χ4v) is 2.93. The summed E-state index contributed by atoms with van der Waals surface area (Å²) >= 11 is 0. The minimum absolute atomic E-state index is 0.127. The van der Waals surface area contributed by atoms with Crippen molar-refractivity contribution in [2.75, 3.05) is 18.0 Å². The Hall–Kier alpha value is -2.91. The number of aryl methyl sites for hydroxylation is 1. The van der Waals surface area contributed by atoms with Gasteiger partial charge in [-0.05, 0) is 31.0 Å². The number of aromatic nitrogens is 3. The summed E-state index contributed by atoms with van der Waals surface area (Å²) in [4.78, 5) is 29.4. The number of pyridine rings is 1. The molecule has 1 N–H and O–H groups in total. The number of rotatable bonds is 3. The molecule has 0 aliphatic carbocycles. The van der Waals surface area contributed by atoms with Crippen LogP contribution in [0.4, 0.5) is 19.0 Å². The maximum atomic E-state index is 12.7. The van der Waals surface area contributed by atoms with Gasteiger partial charge in [0, 0.05) is 38.4 Å². The fourth-order valence-electron chi connectivity index (χ4n) is 2.93. The van der Waals surface area contributed by atoms with Crippen LogP contribution in [-0.4, -0.2) is 39.8 Å². The van der Waals surface area contributed by atoms with Crippen LogP contribution in [-0.2, 0) is 13.2 Å². The Morgan fingerprint density at radius 1 is 1.26 bits per heavy atom. The molecule has 1 atom stereocenters. The number of carbonyl (C=O) groups is 1. The van der Waals surface area contributed by atoms with E-state index in [1.165, 1.54) is 25.2 Å². The molecule has 1 fully saturated rings. The Balaban J connectivity index is 1.66. The van der Waals surface area contributed by atoms with Gasteiger partial charge in [-0.2, -0.15) is 18.3 Å². The van der Waals surface area contributed by atoms with Crippen LogP contribution < -0.4 is 15.8 Å². The van der Waals surface area contributed by atoms with E-state index in [-0.39, 0.29) is 17.3 Å². The molecule has 1 saturated heterocycles. The van der Waals surface area contributed by atoms with Crippen LogP contribution in [0.5, 0.6) is 0 Å². The minimum Gasteiger partial charge on any atom is -0.355 e. The van der Waals surface area contributed by atoms with E-state index in [9.17, 15) is 22.8 Å². The van der Waals surface area contributed by atoms with E-state index in [2.05, 4.69) is 15.4 Å². The van der Waals surface area contributed by atoms with Crippen molar-refractivity contribution in [3.05, 3.63) is 52.1 Å². The Kier molecular flexibility index (Phi) is 5.15. The number of halogens is 3. The molecule has 1 unspecified atom stereocenters. The zero-order valence-corrected chi connectivity index (χ0v) is 14.5. The second kappa shape index (κ2) is 7.37. The minimum atomic E-state index is -4.42. The second-order valence-corrected chi connectivity index (χ2v) is 6.34. The molecule has 1 aliphatic heterocycles. The van der Waals surface area contributed by atoms with Crippen LogP contribution in [0.3, 0.4) is 0 Å². The molecule has 144 valence electrons. The van der Waals surface area contributed by atoms with Gasteiger partial charge in [-0.3, -0.25) is 9.59 Å². The van der Waals surface area contributed by atoms with Crippen LogP contribution in [0.2, 0.25) is 0 Å². The molecule has 3 heterocycles. The van der Waals surface area contributed by atoms with Gasteiger partial charge in [0.1, 0.15) is 11.5 Å². The molecule has 0 saturated carbocycles. The monoisotopic (exact) mass is 381 g/mol. The maximum Gasteiger partial charge on any atom is 0.417 e. The van der Waals surface area contributed by atoms with Crippen LogP contribution in [0.1, 0.15) is 28.9 Å². The fraction of sp³-hybridized carbons (Fsp3) is 0.412. The lowest BCUT2D eigenvalue weighted by atomic mass is 10.1. The lowest BCUT2D eigenvalue weighted by Gasteiger charge is -2.34. The number of carbonyl (C=O) groups excluding carboxylic acids is 1. The average Bonchev–Trinajstić information content (AvgIpc) is 2.63. The summed E-state index contributed by atoms with van der Waals surface area (Å²) in [5, 5.41) is 6.76. The number of hydrogen-bond acceptors (Lipinski definition) is 5. The first kappa shape index (κ1) is 18.9. The van der Waals surface area contributed by atoms with Crippen molar-refractivity contribution in [2.24, 2.45) is 7.05 Å². The molecule has 2 aromatic heterocycles.